The molecule has 3 rings (SSSR count). The van der Waals surface area contributed by atoms with Crippen LogP contribution in [0.25, 0.3) is 10.2 Å². The number of nitrogens with one attached hydrogen (secondary N) is 1. The molecule has 1 fully saturated rings. The number of hydrogen-bond donors (Lipinski definition) is 1. The van der Waals surface area contributed by atoms with Crippen LogP contribution in [-0.4, -0.2) is 23.1 Å². The van der Waals surface area contributed by atoms with Crippen molar-refractivity contribution in [2.75, 3.05) is 18.1 Å². The van der Waals surface area contributed by atoms with Crippen LogP contribution in [0.4, 0.5) is 5.82 Å². The molecule has 3 heterocycles. The Morgan fingerprint density at radius 2 is 2.43 bits per heavy atom. The van der Waals surface area contributed by atoms with E-state index < -0.39 is 0 Å². The molecule has 2 aromatic heterocycles. The van der Waals surface area contributed by atoms with Gasteiger partial charge in [0.25, 0.3) is 0 Å². The third kappa shape index (κ3) is 1.17. The van der Waals surface area contributed by atoms with E-state index in [9.17, 15) is 0 Å². The minimum Gasteiger partial charge on any atom is -0.292 e. The van der Waals surface area contributed by atoms with E-state index in [-0.39, 0.29) is 0 Å². The van der Waals surface area contributed by atoms with Crippen LogP contribution < -0.4 is 10.4 Å². The fourth-order valence-corrected chi connectivity index (χ4v) is 2.43. The van der Waals surface area contributed by atoms with Gasteiger partial charge >= 0.3 is 0 Å². The highest BCUT2D eigenvalue weighted by atomic mass is 32.1. The summed E-state index contributed by atoms with van der Waals surface area (Å²) in [5, 5.41) is 5.31. The summed E-state index contributed by atoms with van der Waals surface area (Å²) in [7, 11) is 0. The topological polar surface area (TPSA) is 41.1 Å². The van der Waals surface area contributed by atoms with E-state index in [1.807, 2.05) is 0 Å². The third-order valence-corrected chi connectivity index (χ3v) is 3.18. The predicted molar refractivity (Wildman–Crippen MR) is 57.4 cm³/mol. The van der Waals surface area contributed by atoms with Crippen molar-refractivity contribution >= 4 is 27.4 Å². The van der Waals surface area contributed by atoms with Gasteiger partial charge in [0.1, 0.15) is 11.2 Å². The van der Waals surface area contributed by atoms with Crippen LogP contribution in [0.5, 0.6) is 0 Å². The lowest BCUT2D eigenvalue weighted by Crippen LogP contribution is -2.31. The Hall–Kier alpha value is -1.20. The summed E-state index contributed by atoms with van der Waals surface area (Å²) in [5.74, 6) is 1.01. The van der Waals surface area contributed by atoms with Gasteiger partial charge in [0.2, 0.25) is 0 Å². The van der Waals surface area contributed by atoms with E-state index in [4.69, 9.17) is 0 Å². The summed E-state index contributed by atoms with van der Waals surface area (Å²) in [5.41, 5.74) is 3.30. The van der Waals surface area contributed by atoms with Crippen molar-refractivity contribution in [1.29, 1.82) is 0 Å². The van der Waals surface area contributed by atoms with Gasteiger partial charge in [-0.25, -0.2) is 15.4 Å². The van der Waals surface area contributed by atoms with Gasteiger partial charge in [-0.05, 0) is 17.9 Å². The predicted octanol–water partition coefficient (Wildman–Crippen LogP) is 1.41. The van der Waals surface area contributed by atoms with Gasteiger partial charge in [0.15, 0.2) is 5.82 Å². The molecule has 0 radical (unpaired) electrons. The first-order valence-electron chi connectivity index (χ1n) is 4.64. The molecule has 0 aliphatic carbocycles. The lowest BCUT2D eigenvalue weighted by Gasteiger charge is -2.16. The van der Waals surface area contributed by atoms with E-state index in [1.54, 1.807) is 17.7 Å². The maximum absolute atomic E-state index is 4.32. The minimum absolute atomic E-state index is 1.01. The number of fused-ring (bicyclic) bond motifs is 1. The average molecular weight is 206 g/mol. The summed E-state index contributed by atoms with van der Waals surface area (Å²) >= 11 is 1.65. The van der Waals surface area contributed by atoms with Gasteiger partial charge in [-0.3, -0.25) is 5.01 Å². The van der Waals surface area contributed by atoms with Crippen LogP contribution in [0.3, 0.4) is 0 Å². The molecule has 0 saturated carbocycles. The fourth-order valence-electron chi connectivity index (χ4n) is 1.70. The number of nitrogens with zero attached hydrogens (tertiary/aromatic N) is 3. The van der Waals surface area contributed by atoms with Crippen LogP contribution in [-0.2, 0) is 0 Å². The highest BCUT2D eigenvalue weighted by Gasteiger charge is 2.16. The summed E-state index contributed by atoms with van der Waals surface area (Å²) < 4.78 is 0. The van der Waals surface area contributed by atoms with E-state index in [0.717, 1.165) is 29.1 Å². The lowest BCUT2D eigenvalue weighted by atomic mass is 10.3. The van der Waals surface area contributed by atoms with Gasteiger partial charge in [-0.15, -0.1) is 11.3 Å². The normalized spacial score (nSPS) is 16.7. The Morgan fingerprint density at radius 3 is 3.29 bits per heavy atom. The van der Waals surface area contributed by atoms with E-state index in [0.29, 0.717) is 0 Å². The van der Waals surface area contributed by atoms with Crippen LogP contribution >= 0.6 is 11.3 Å². The van der Waals surface area contributed by atoms with E-state index in [1.165, 1.54) is 6.42 Å². The summed E-state index contributed by atoms with van der Waals surface area (Å²) in [4.78, 5) is 9.61. The molecule has 0 unspecified atom stereocenters. The zero-order valence-corrected chi connectivity index (χ0v) is 8.42. The summed E-state index contributed by atoms with van der Waals surface area (Å²) in [6, 6.07) is 2.08. The molecule has 5 heteroatoms. The van der Waals surface area contributed by atoms with E-state index >= 15 is 0 Å². The molecule has 0 atom stereocenters. The zero-order chi connectivity index (χ0) is 9.38. The number of aromatic nitrogens is 2. The maximum Gasteiger partial charge on any atom is 0.154 e. The van der Waals surface area contributed by atoms with Crippen LogP contribution in [0, 0.1) is 0 Å². The van der Waals surface area contributed by atoms with Gasteiger partial charge in [-0.2, -0.15) is 0 Å². The molecule has 1 aliphatic rings. The molecule has 0 amide bonds. The molecule has 14 heavy (non-hydrogen) atoms. The van der Waals surface area contributed by atoms with Gasteiger partial charge in [0, 0.05) is 13.1 Å². The molecule has 0 aromatic carbocycles. The Kier molecular flexibility index (Phi) is 1.85. The number of hydrogen-bond acceptors (Lipinski definition) is 5. The molecule has 2 aromatic rings. The first-order chi connectivity index (χ1) is 6.95. The fraction of sp³-hybridized carbons (Fsp3) is 0.333. The molecular weight excluding hydrogens is 196 g/mol. The van der Waals surface area contributed by atoms with Gasteiger partial charge < -0.3 is 0 Å². The first-order valence-corrected chi connectivity index (χ1v) is 5.52. The third-order valence-electron chi connectivity index (χ3n) is 2.36. The van der Waals surface area contributed by atoms with Crippen molar-refractivity contribution in [3.8, 4) is 0 Å². The molecule has 0 spiro atoms. The summed E-state index contributed by atoms with van der Waals surface area (Å²) in [6.45, 7) is 2.07. The van der Waals surface area contributed by atoms with Crippen molar-refractivity contribution in [3.63, 3.8) is 0 Å². The maximum atomic E-state index is 4.32. The second kappa shape index (κ2) is 3.18. The van der Waals surface area contributed by atoms with Gasteiger partial charge in [-0.1, -0.05) is 0 Å². The minimum atomic E-state index is 1.01. The van der Waals surface area contributed by atoms with Crippen molar-refractivity contribution < 1.29 is 0 Å². The SMILES string of the molecule is c1nc(N2CCCN2)c2ccsc2n1. The monoisotopic (exact) mass is 206 g/mol. The van der Waals surface area contributed by atoms with Gasteiger partial charge in [0.05, 0.1) is 5.39 Å². The standard InChI is InChI=1S/C9H10N4S/c1-3-12-13(4-1)8-7-2-5-14-9(7)11-6-10-8/h2,5-6,12H,1,3-4H2. The molecule has 1 N–H and O–H groups in total. The molecular formula is C9H10N4S. The Labute approximate surface area is 85.6 Å². The number of rotatable bonds is 1. The summed E-state index contributed by atoms with van der Waals surface area (Å²) in [6.07, 6.45) is 2.81. The van der Waals surface area contributed by atoms with Crippen molar-refractivity contribution in [2.24, 2.45) is 0 Å². The number of hydrazine groups is 1. The quantitative estimate of drug-likeness (QED) is 0.766. The van der Waals surface area contributed by atoms with E-state index in [2.05, 4.69) is 31.8 Å². The number of anilines is 1. The highest BCUT2D eigenvalue weighted by molar-refractivity contribution is 7.16. The second-order valence-corrected chi connectivity index (χ2v) is 4.14. The lowest BCUT2D eigenvalue weighted by molar-refractivity contribution is 0.776. The van der Waals surface area contributed by atoms with Crippen LogP contribution in [0.2, 0.25) is 0 Å². The average Bonchev–Trinajstić information content (AvgIpc) is 2.88. The first kappa shape index (κ1) is 8.14. The Balaban J connectivity index is 2.14. The zero-order valence-electron chi connectivity index (χ0n) is 7.60. The molecule has 0 bridgehead atoms. The molecule has 4 nitrogen and oxygen atoms in total. The highest BCUT2D eigenvalue weighted by Crippen LogP contribution is 2.26. The second-order valence-electron chi connectivity index (χ2n) is 3.25. The number of thiophene rings is 1. The Morgan fingerprint density at radius 1 is 1.43 bits per heavy atom. The smallest absolute Gasteiger partial charge is 0.154 e. The van der Waals surface area contributed by atoms with Crippen LogP contribution in [0.15, 0.2) is 17.8 Å². The largest absolute Gasteiger partial charge is 0.292 e. The Bertz CT molecular complexity index is 447. The molecule has 72 valence electrons. The van der Waals surface area contributed by atoms with Crippen LogP contribution in [0.1, 0.15) is 6.42 Å². The molecule has 1 saturated heterocycles. The van der Waals surface area contributed by atoms with Crippen molar-refractivity contribution in [2.45, 2.75) is 6.42 Å². The molecule has 1 aliphatic heterocycles. The van der Waals surface area contributed by atoms with Crippen molar-refractivity contribution in [3.05, 3.63) is 17.8 Å². The van der Waals surface area contributed by atoms with Crippen molar-refractivity contribution in [1.82, 2.24) is 15.4 Å².